The average molecular weight is 431 g/mol. The molecule has 0 aliphatic carbocycles. The molecule has 1 amide bonds. The first-order valence-electron chi connectivity index (χ1n) is 10.0. The normalized spacial score (nSPS) is 19.2. The summed E-state index contributed by atoms with van der Waals surface area (Å²) in [5.41, 5.74) is 0.800. The first-order chi connectivity index (χ1) is 14.8. The lowest BCUT2D eigenvalue weighted by atomic mass is 10.1. The van der Waals surface area contributed by atoms with Crippen LogP contribution in [-0.4, -0.2) is 59.5 Å². The van der Waals surface area contributed by atoms with Crippen molar-refractivity contribution in [3.8, 4) is 11.5 Å². The maximum Gasteiger partial charge on any atom is 0.314 e. The number of methoxy groups -OCH3 is 1. The molecule has 8 nitrogen and oxygen atoms in total. The minimum absolute atomic E-state index is 0.0297. The number of amides is 1. The third-order valence-electron chi connectivity index (χ3n) is 5.44. The van der Waals surface area contributed by atoms with Crippen LogP contribution in [0.15, 0.2) is 42.5 Å². The average Bonchev–Trinajstić information content (AvgIpc) is 2.75. The highest BCUT2D eigenvalue weighted by atomic mass is 19.1. The number of halogens is 1. The zero-order valence-electron chi connectivity index (χ0n) is 17.8. The molecule has 166 valence electrons. The predicted molar refractivity (Wildman–Crippen MR) is 113 cm³/mol. The number of nitro benzene ring substituents is 1. The molecule has 1 aliphatic heterocycles. The van der Waals surface area contributed by atoms with E-state index in [0.717, 1.165) is 5.56 Å². The van der Waals surface area contributed by atoms with Crippen molar-refractivity contribution in [3.63, 3.8) is 0 Å². The second-order valence-corrected chi connectivity index (χ2v) is 7.68. The number of hydrogen-bond donors (Lipinski definition) is 0. The molecule has 0 saturated carbocycles. The Bertz CT molecular complexity index is 937. The van der Waals surface area contributed by atoms with Crippen LogP contribution in [0.4, 0.5) is 10.1 Å². The van der Waals surface area contributed by atoms with Crippen molar-refractivity contribution in [3.05, 3.63) is 64.0 Å². The van der Waals surface area contributed by atoms with Crippen LogP contribution in [0.1, 0.15) is 19.4 Å². The van der Waals surface area contributed by atoms with Crippen molar-refractivity contribution in [2.75, 3.05) is 26.8 Å². The van der Waals surface area contributed by atoms with Gasteiger partial charge in [-0.15, -0.1) is 0 Å². The summed E-state index contributed by atoms with van der Waals surface area (Å²) in [5, 5.41) is 11.1. The van der Waals surface area contributed by atoms with Gasteiger partial charge in [0.15, 0.2) is 12.4 Å². The van der Waals surface area contributed by atoms with Crippen molar-refractivity contribution < 1.29 is 23.6 Å². The molecule has 0 unspecified atom stereocenters. The van der Waals surface area contributed by atoms with Crippen LogP contribution < -0.4 is 9.47 Å². The van der Waals surface area contributed by atoms with Crippen LogP contribution in [0.2, 0.25) is 0 Å². The van der Waals surface area contributed by atoms with Crippen LogP contribution in [0.25, 0.3) is 0 Å². The molecule has 0 radical (unpaired) electrons. The number of benzene rings is 2. The van der Waals surface area contributed by atoms with Gasteiger partial charge in [-0.05, 0) is 43.7 Å². The Morgan fingerprint density at radius 3 is 2.52 bits per heavy atom. The zero-order chi connectivity index (χ0) is 22.5. The number of nitro groups is 1. The van der Waals surface area contributed by atoms with Crippen LogP contribution >= 0.6 is 0 Å². The molecule has 1 aliphatic rings. The maximum absolute atomic E-state index is 13.1. The largest absolute Gasteiger partial charge is 0.490 e. The number of carbonyl (C=O) groups is 1. The van der Waals surface area contributed by atoms with E-state index in [2.05, 4.69) is 4.90 Å². The molecule has 1 saturated heterocycles. The van der Waals surface area contributed by atoms with Gasteiger partial charge in [0, 0.05) is 31.7 Å². The summed E-state index contributed by atoms with van der Waals surface area (Å²) in [5.74, 6) is -0.0816. The van der Waals surface area contributed by atoms with Gasteiger partial charge in [0.2, 0.25) is 0 Å². The summed E-state index contributed by atoms with van der Waals surface area (Å²) in [6.45, 7) is 5.70. The van der Waals surface area contributed by atoms with Gasteiger partial charge in [-0.25, -0.2) is 4.39 Å². The first-order valence-corrected chi connectivity index (χ1v) is 10.0. The van der Waals surface area contributed by atoms with Gasteiger partial charge in [-0.1, -0.05) is 12.1 Å². The van der Waals surface area contributed by atoms with Crippen LogP contribution in [0.5, 0.6) is 11.5 Å². The zero-order valence-corrected chi connectivity index (χ0v) is 17.8. The van der Waals surface area contributed by atoms with Crippen LogP contribution in [0, 0.1) is 15.9 Å². The first kappa shape index (κ1) is 22.5. The summed E-state index contributed by atoms with van der Waals surface area (Å²) < 4.78 is 23.6. The third-order valence-corrected chi connectivity index (χ3v) is 5.44. The number of rotatable bonds is 7. The molecule has 1 heterocycles. The molecule has 0 spiro atoms. The standard InChI is InChI=1S/C22H26FN3O5/c1-15-12-25(16(2)11-24(15)13-17-4-6-18(23)7-5-17)22(27)14-31-19-8-9-21(30-3)20(10-19)26(28)29/h4-10,15-16H,11-14H2,1-3H3/t15-,16+/m1/s1. The SMILES string of the molecule is COc1ccc(OCC(=O)N2C[C@@H](C)N(Cc3ccc(F)cc3)C[C@@H]2C)cc1[N+](=O)[O-]. The Balaban J connectivity index is 1.58. The summed E-state index contributed by atoms with van der Waals surface area (Å²) in [6, 6.07) is 10.7. The topological polar surface area (TPSA) is 85.2 Å². The van der Waals surface area contributed by atoms with Crippen LogP contribution in [-0.2, 0) is 11.3 Å². The monoisotopic (exact) mass is 431 g/mol. The Morgan fingerprint density at radius 2 is 1.87 bits per heavy atom. The van der Waals surface area contributed by atoms with E-state index in [1.54, 1.807) is 17.0 Å². The van der Waals surface area contributed by atoms with Gasteiger partial charge in [0.1, 0.15) is 11.6 Å². The number of nitrogens with zero attached hydrogens (tertiary/aromatic N) is 3. The maximum atomic E-state index is 13.1. The fourth-order valence-corrected chi connectivity index (χ4v) is 3.72. The molecular weight excluding hydrogens is 405 g/mol. The quantitative estimate of drug-likeness (QED) is 0.494. The molecule has 2 aromatic rings. The molecule has 31 heavy (non-hydrogen) atoms. The van der Waals surface area contributed by atoms with Gasteiger partial charge < -0.3 is 14.4 Å². The van der Waals surface area contributed by atoms with E-state index in [-0.39, 0.29) is 47.6 Å². The molecule has 3 rings (SSSR count). The highest BCUT2D eigenvalue weighted by molar-refractivity contribution is 5.78. The lowest BCUT2D eigenvalue weighted by Crippen LogP contribution is -2.58. The molecular formula is C22H26FN3O5. The smallest absolute Gasteiger partial charge is 0.314 e. The van der Waals surface area contributed by atoms with E-state index in [1.807, 2.05) is 13.8 Å². The van der Waals surface area contributed by atoms with Crippen molar-refractivity contribution in [2.45, 2.75) is 32.5 Å². The number of ether oxygens (including phenoxy) is 2. The van der Waals surface area contributed by atoms with Crippen molar-refractivity contribution in [2.24, 2.45) is 0 Å². The number of piperazine rings is 1. The molecule has 2 atom stereocenters. The number of carbonyl (C=O) groups excluding carboxylic acids is 1. The fraction of sp³-hybridized carbons (Fsp3) is 0.409. The predicted octanol–water partition coefficient (Wildman–Crippen LogP) is 3.24. The van der Waals surface area contributed by atoms with Gasteiger partial charge in [-0.2, -0.15) is 0 Å². The Labute approximate surface area is 180 Å². The minimum Gasteiger partial charge on any atom is -0.490 e. The van der Waals surface area contributed by atoms with E-state index >= 15 is 0 Å². The van der Waals surface area contributed by atoms with Crippen LogP contribution in [0.3, 0.4) is 0 Å². The van der Waals surface area contributed by atoms with E-state index < -0.39 is 4.92 Å². The fourth-order valence-electron chi connectivity index (χ4n) is 3.72. The summed E-state index contributed by atoms with van der Waals surface area (Å²) in [6.07, 6.45) is 0. The van der Waals surface area contributed by atoms with E-state index in [4.69, 9.17) is 9.47 Å². The van der Waals surface area contributed by atoms with E-state index in [9.17, 15) is 19.3 Å². The summed E-state index contributed by atoms with van der Waals surface area (Å²) in [7, 11) is 1.35. The Morgan fingerprint density at radius 1 is 1.16 bits per heavy atom. The summed E-state index contributed by atoms with van der Waals surface area (Å²) in [4.78, 5) is 27.4. The lowest BCUT2D eigenvalue weighted by molar-refractivity contribution is -0.385. The molecule has 0 N–H and O–H groups in total. The molecule has 0 bridgehead atoms. The minimum atomic E-state index is -0.558. The molecule has 9 heteroatoms. The van der Waals surface area contributed by atoms with Crippen molar-refractivity contribution in [1.82, 2.24) is 9.80 Å². The highest BCUT2D eigenvalue weighted by Gasteiger charge is 2.32. The molecule has 0 aromatic heterocycles. The Kier molecular flexibility index (Phi) is 7.06. The van der Waals surface area contributed by atoms with E-state index in [1.165, 1.54) is 37.4 Å². The van der Waals surface area contributed by atoms with Crippen molar-refractivity contribution in [1.29, 1.82) is 0 Å². The van der Waals surface area contributed by atoms with Crippen molar-refractivity contribution >= 4 is 11.6 Å². The Hall–Kier alpha value is -3.20. The van der Waals surface area contributed by atoms with Gasteiger partial charge in [-0.3, -0.25) is 19.8 Å². The number of hydrogen-bond acceptors (Lipinski definition) is 6. The second kappa shape index (κ2) is 9.74. The van der Waals surface area contributed by atoms with Gasteiger partial charge >= 0.3 is 5.69 Å². The van der Waals surface area contributed by atoms with Gasteiger partial charge in [0.25, 0.3) is 5.91 Å². The summed E-state index contributed by atoms with van der Waals surface area (Å²) >= 11 is 0. The van der Waals surface area contributed by atoms with E-state index in [0.29, 0.717) is 19.6 Å². The highest BCUT2D eigenvalue weighted by Crippen LogP contribution is 2.30. The van der Waals surface area contributed by atoms with Gasteiger partial charge in [0.05, 0.1) is 18.1 Å². The lowest BCUT2D eigenvalue weighted by Gasteiger charge is -2.44. The molecule has 1 fully saturated rings. The third kappa shape index (κ3) is 5.49. The second-order valence-electron chi connectivity index (χ2n) is 7.68. The molecule has 2 aromatic carbocycles.